The molecule has 0 radical (unpaired) electrons. The van der Waals surface area contributed by atoms with Crippen LogP contribution in [0.15, 0.2) is 48.0 Å². The fourth-order valence-electron chi connectivity index (χ4n) is 4.39. The molecule has 0 aromatic heterocycles. The van der Waals surface area contributed by atoms with Gasteiger partial charge in [-0.1, -0.05) is 23.7 Å². The average Bonchev–Trinajstić information content (AvgIpc) is 3.09. The number of amides is 1. The van der Waals surface area contributed by atoms with Gasteiger partial charge in [-0.25, -0.2) is 4.39 Å². The smallest absolute Gasteiger partial charge is 0.295 e. The molecule has 7 nitrogen and oxygen atoms in total. The molecule has 2 aromatic rings. The van der Waals surface area contributed by atoms with Gasteiger partial charge >= 0.3 is 0 Å². The standard InChI is InChI=1S/C25H26ClFN2O5/c1-33-20-7-6-17(15-19(20)26)23(30)21-22(16-4-2-5-18(27)14-16)29(25(32)24(21)31)9-3-8-28-10-12-34-13-11-28/h2,4-7,14-15,22,30H,3,8-13H2,1H3/b23-21+/t22-/m0/s1. The zero-order valence-corrected chi connectivity index (χ0v) is 19.6. The van der Waals surface area contributed by atoms with Crippen molar-refractivity contribution < 1.29 is 28.6 Å². The van der Waals surface area contributed by atoms with E-state index < -0.39 is 23.5 Å². The van der Waals surface area contributed by atoms with Gasteiger partial charge in [0, 0.05) is 31.7 Å². The highest BCUT2D eigenvalue weighted by molar-refractivity contribution is 6.46. The third kappa shape index (κ3) is 4.94. The number of morpholine rings is 1. The molecule has 34 heavy (non-hydrogen) atoms. The minimum atomic E-state index is -0.915. The lowest BCUT2D eigenvalue weighted by atomic mass is 9.95. The predicted molar refractivity (Wildman–Crippen MR) is 125 cm³/mol. The summed E-state index contributed by atoms with van der Waals surface area (Å²) in [7, 11) is 1.47. The molecule has 0 saturated carbocycles. The molecule has 180 valence electrons. The Balaban J connectivity index is 1.69. The molecular weight excluding hydrogens is 463 g/mol. The first-order valence-electron chi connectivity index (χ1n) is 11.1. The van der Waals surface area contributed by atoms with E-state index in [1.807, 2.05) is 0 Å². The predicted octanol–water partition coefficient (Wildman–Crippen LogP) is 3.63. The van der Waals surface area contributed by atoms with E-state index in [-0.39, 0.29) is 28.5 Å². The van der Waals surface area contributed by atoms with Crippen LogP contribution in [0.4, 0.5) is 4.39 Å². The van der Waals surface area contributed by atoms with Crippen molar-refractivity contribution in [3.63, 3.8) is 0 Å². The molecule has 1 atom stereocenters. The maximum atomic E-state index is 14.1. The van der Waals surface area contributed by atoms with Crippen LogP contribution < -0.4 is 4.74 Å². The highest BCUT2D eigenvalue weighted by atomic mass is 35.5. The van der Waals surface area contributed by atoms with E-state index in [2.05, 4.69) is 4.90 Å². The number of aliphatic hydroxyl groups is 1. The number of hydrogen-bond acceptors (Lipinski definition) is 6. The number of ether oxygens (including phenoxy) is 2. The second-order valence-electron chi connectivity index (χ2n) is 8.20. The zero-order chi connectivity index (χ0) is 24.2. The molecule has 1 amide bonds. The number of methoxy groups -OCH3 is 1. The van der Waals surface area contributed by atoms with E-state index in [1.54, 1.807) is 18.2 Å². The fraction of sp³-hybridized carbons (Fsp3) is 0.360. The number of nitrogens with zero attached hydrogens (tertiary/aromatic N) is 2. The van der Waals surface area contributed by atoms with Crippen molar-refractivity contribution in [2.45, 2.75) is 12.5 Å². The first kappa shape index (κ1) is 24.2. The molecule has 0 spiro atoms. The van der Waals surface area contributed by atoms with Crippen LogP contribution in [0, 0.1) is 5.82 Å². The lowest BCUT2D eigenvalue weighted by molar-refractivity contribution is -0.140. The third-order valence-corrected chi connectivity index (χ3v) is 6.40. The molecule has 0 bridgehead atoms. The minimum absolute atomic E-state index is 0.0943. The lowest BCUT2D eigenvalue weighted by Crippen LogP contribution is -2.39. The Morgan fingerprint density at radius 1 is 1.18 bits per heavy atom. The molecule has 2 aliphatic rings. The van der Waals surface area contributed by atoms with Crippen molar-refractivity contribution >= 4 is 29.1 Å². The summed E-state index contributed by atoms with van der Waals surface area (Å²) in [6.07, 6.45) is 0.618. The van der Waals surface area contributed by atoms with Crippen molar-refractivity contribution in [1.82, 2.24) is 9.80 Å². The number of hydrogen-bond donors (Lipinski definition) is 1. The van der Waals surface area contributed by atoms with Gasteiger partial charge in [0.1, 0.15) is 17.3 Å². The molecule has 1 N–H and O–H groups in total. The van der Waals surface area contributed by atoms with Gasteiger partial charge in [0.05, 0.1) is 37.0 Å². The SMILES string of the molecule is COc1ccc(/C(O)=C2\C(=O)C(=O)N(CCCN3CCOCC3)[C@H]2c2cccc(F)c2)cc1Cl. The van der Waals surface area contributed by atoms with Crippen LogP contribution in [0.2, 0.25) is 5.02 Å². The molecule has 2 fully saturated rings. The summed E-state index contributed by atoms with van der Waals surface area (Å²) in [6, 6.07) is 9.38. The van der Waals surface area contributed by atoms with Crippen LogP contribution in [-0.2, 0) is 14.3 Å². The summed E-state index contributed by atoms with van der Waals surface area (Å²) < 4.78 is 24.6. The Bertz CT molecular complexity index is 1120. The molecule has 2 aromatic carbocycles. The number of carbonyl (C=O) groups excluding carboxylic acids is 2. The van der Waals surface area contributed by atoms with Gasteiger partial charge in [0.15, 0.2) is 0 Å². The summed E-state index contributed by atoms with van der Waals surface area (Å²) in [5.41, 5.74) is 0.577. The first-order chi connectivity index (χ1) is 16.4. The molecule has 2 aliphatic heterocycles. The number of aliphatic hydroxyl groups excluding tert-OH is 1. The zero-order valence-electron chi connectivity index (χ0n) is 18.8. The fourth-order valence-corrected chi connectivity index (χ4v) is 4.65. The first-order valence-corrected chi connectivity index (χ1v) is 11.5. The summed E-state index contributed by atoms with van der Waals surface area (Å²) in [5, 5.41) is 11.4. The van der Waals surface area contributed by atoms with Gasteiger partial charge in [0.25, 0.3) is 11.7 Å². The molecular formula is C25H26ClFN2O5. The van der Waals surface area contributed by atoms with Crippen LogP contribution in [0.5, 0.6) is 5.75 Å². The molecule has 2 saturated heterocycles. The normalized spacial score (nSPS) is 20.7. The highest BCUT2D eigenvalue weighted by Crippen LogP contribution is 2.40. The average molecular weight is 489 g/mol. The molecule has 4 rings (SSSR count). The topological polar surface area (TPSA) is 79.3 Å². The minimum Gasteiger partial charge on any atom is -0.507 e. The maximum absolute atomic E-state index is 14.1. The summed E-state index contributed by atoms with van der Waals surface area (Å²) >= 11 is 6.21. The van der Waals surface area contributed by atoms with Crippen molar-refractivity contribution in [3.05, 3.63) is 70.0 Å². The van der Waals surface area contributed by atoms with Crippen LogP contribution in [0.1, 0.15) is 23.6 Å². The summed E-state index contributed by atoms with van der Waals surface area (Å²) in [4.78, 5) is 29.8. The van der Waals surface area contributed by atoms with E-state index >= 15 is 0 Å². The number of carbonyl (C=O) groups is 2. The third-order valence-electron chi connectivity index (χ3n) is 6.11. The van der Waals surface area contributed by atoms with Crippen LogP contribution in [0.3, 0.4) is 0 Å². The molecule has 0 aliphatic carbocycles. The van der Waals surface area contributed by atoms with Gasteiger partial charge < -0.3 is 19.5 Å². The van der Waals surface area contributed by atoms with E-state index in [1.165, 1.54) is 36.3 Å². The van der Waals surface area contributed by atoms with Gasteiger partial charge in [-0.3, -0.25) is 14.5 Å². The Labute approximate surface area is 202 Å². The van der Waals surface area contributed by atoms with Crippen LogP contribution in [-0.4, -0.2) is 73.1 Å². The van der Waals surface area contributed by atoms with E-state index in [0.717, 1.165) is 19.6 Å². The van der Waals surface area contributed by atoms with Gasteiger partial charge in [-0.2, -0.15) is 0 Å². The largest absolute Gasteiger partial charge is 0.507 e. The lowest BCUT2D eigenvalue weighted by Gasteiger charge is -2.29. The van der Waals surface area contributed by atoms with Crippen molar-refractivity contribution in [2.75, 3.05) is 46.5 Å². The van der Waals surface area contributed by atoms with E-state index in [0.29, 0.717) is 30.9 Å². The Hall–Kier alpha value is -2.94. The Kier molecular flexibility index (Phi) is 7.50. The Morgan fingerprint density at radius 3 is 2.62 bits per heavy atom. The number of benzene rings is 2. The number of Topliss-reactive ketones (excluding diaryl/α,β-unsaturated/α-hetero) is 1. The second kappa shape index (κ2) is 10.5. The van der Waals surface area contributed by atoms with E-state index in [4.69, 9.17) is 21.1 Å². The monoisotopic (exact) mass is 488 g/mol. The van der Waals surface area contributed by atoms with Crippen LogP contribution in [0.25, 0.3) is 5.76 Å². The molecule has 9 heteroatoms. The van der Waals surface area contributed by atoms with Gasteiger partial charge in [-0.15, -0.1) is 0 Å². The number of rotatable bonds is 7. The molecule has 2 heterocycles. The Morgan fingerprint density at radius 2 is 1.94 bits per heavy atom. The van der Waals surface area contributed by atoms with Gasteiger partial charge in [0.2, 0.25) is 0 Å². The van der Waals surface area contributed by atoms with Crippen molar-refractivity contribution in [1.29, 1.82) is 0 Å². The summed E-state index contributed by atoms with van der Waals surface area (Å²) in [6.45, 7) is 3.96. The maximum Gasteiger partial charge on any atom is 0.295 e. The highest BCUT2D eigenvalue weighted by Gasteiger charge is 2.46. The quantitative estimate of drug-likeness (QED) is 0.364. The van der Waals surface area contributed by atoms with Crippen molar-refractivity contribution in [3.8, 4) is 5.75 Å². The number of likely N-dealkylation sites (tertiary alicyclic amines) is 1. The number of ketones is 1. The molecule has 0 unspecified atom stereocenters. The van der Waals surface area contributed by atoms with Crippen LogP contribution >= 0.6 is 11.6 Å². The van der Waals surface area contributed by atoms with Gasteiger partial charge in [-0.05, 0) is 42.3 Å². The van der Waals surface area contributed by atoms with E-state index in [9.17, 15) is 19.1 Å². The second-order valence-corrected chi connectivity index (χ2v) is 8.61. The number of halogens is 2. The summed E-state index contributed by atoms with van der Waals surface area (Å²) in [5.74, 6) is -2.00. The van der Waals surface area contributed by atoms with Crippen molar-refractivity contribution in [2.24, 2.45) is 0 Å².